The lowest BCUT2D eigenvalue weighted by molar-refractivity contribution is -0.125. The zero-order valence-electron chi connectivity index (χ0n) is 21.4. The summed E-state index contributed by atoms with van der Waals surface area (Å²) < 4.78 is 5.62. The predicted octanol–water partition coefficient (Wildman–Crippen LogP) is 3.83. The van der Waals surface area contributed by atoms with E-state index >= 15 is 0 Å². The van der Waals surface area contributed by atoms with Crippen molar-refractivity contribution in [3.8, 4) is 17.6 Å². The van der Waals surface area contributed by atoms with Gasteiger partial charge in [0.15, 0.2) is 0 Å². The molecule has 1 aromatic heterocycles. The lowest BCUT2D eigenvalue weighted by Crippen LogP contribution is -2.59. The van der Waals surface area contributed by atoms with E-state index in [1.54, 1.807) is 24.1 Å². The first kappa shape index (κ1) is 24.4. The van der Waals surface area contributed by atoms with E-state index in [0.29, 0.717) is 24.3 Å². The summed E-state index contributed by atoms with van der Waals surface area (Å²) in [5.41, 5.74) is 3.10. The smallest absolute Gasteiger partial charge is 0.322 e. The third kappa shape index (κ3) is 4.42. The number of benzene rings is 2. The molecular formula is C31H26N4O4. The largest absolute Gasteiger partial charge is 0.481 e. The van der Waals surface area contributed by atoms with Crippen molar-refractivity contribution in [1.29, 1.82) is 0 Å². The zero-order chi connectivity index (χ0) is 27.0. The molecule has 1 saturated heterocycles. The number of fused-ring (bicyclic) bond motifs is 2. The monoisotopic (exact) mass is 518 g/mol. The van der Waals surface area contributed by atoms with Crippen LogP contribution in [-0.2, 0) is 11.3 Å². The minimum atomic E-state index is -1.28. The molecule has 2 aliphatic heterocycles. The van der Waals surface area contributed by atoms with E-state index in [1.165, 1.54) is 0 Å². The number of carbonyl (C=O) groups excluding carboxylic acids is 3. The van der Waals surface area contributed by atoms with Gasteiger partial charge in [-0.2, -0.15) is 0 Å². The summed E-state index contributed by atoms with van der Waals surface area (Å²) in [6.45, 7) is 2.37. The Hall–Kier alpha value is -4.90. The van der Waals surface area contributed by atoms with Crippen molar-refractivity contribution < 1.29 is 19.1 Å². The van der Waals surface area contributed by atoms with Gasteiger partial charge in [-0.1, -0.05) is 42.3 Å². The molecule has 39 heavy (non-hydrogen) atoms. The van der Waals surface area contributed by atoms with E-state index in [1.807, 2.05) is 48.6 Å². The number of hydrogen-bond acceptors (Lipinski definition) is 5. The van der Waals surface area contributed by atoms with E-state index in [0.717, 1.165) is 27.6 Å². The Bertz CT molecular complexity index is 1650. The lowest BCUT2D eigenvalue weighted by atomic mass is 9.77. The Balaban J connectivity index is 1.23. The van der Waals surface area contributed by atoms with Gasteiger partial charge in [-0.3, -0.25) is 19.9 Å². The number of nitrogens with one attached hydrogen (secondary N) is 2. The first-order valence-corrected chi connectivity index (χ1v) is 12.8. The number of urea groups is 1. The zero-order valence-corrected chi connectivity index (χ0v) is 21.4. The van der Waals surface area contributed by atoms with Crippen LogP contribution in [0.25, 0.3) is 16.5 Å². The number of pyridine rings is 1. The summed E-state index contributed by atoms with van der Waals surface area (Å²) in [5.74, 6) is 5.21. The second kappa shape index (κ2) is 9.76. The van der Waals surface area contributed by atoms with Gasteiger partial charge in [0, 0.05) is 29.6 Å². The molecule has 0 saturated carbocycles. The van der Waals surface area contributed by atoms with Crippen LogP contribution in [0.15, 0.2) is 73.0 Å². The highest BCUT2D eigenvalue weighted by Gasteiger charge is 2.53. The van der Waals surface area contributed by atoms with Crippen LogP contribution in [0.4, 0.5) is 4.79 Å². The molecule has 1 unspecified atom stereocenters. The maximum Gasteiger partial charge on any atom is 0.322 e. The van der Waals surface area contributed by atoms with Crippen molar-refractivity contribution in [2.24, 2.45) is 5.92 Å². The summed E-state index contributed by atoms with van der Waals surface area (Å²) in [7, 11) is 0. The van der Waals surface area contributed by atoms with E-state index in [2.05, 4.69) is 39.6 Å². The molecule has 3 aromatic rings. The van der Waals surface area contributed by atoms with Gasteiger partial charge >= 0.3 is 6.03 Å². The number of hydrogen-bond donors (Lipinski definition) is 2. The first-order valence-electron chi connectivity index (χ1n) is 12.8. The molecule has 0 bridgehead atoms. The summed E-state index contributed by atoms with van der Waals surface area (Å²) in [4.78, 5) is 45.0. The topological polar surface area (TPSA) is 101 Å². The van der Waals surface area contributed by atoms with Crippen LogP contribution in [0.3, 0.4) is 0 Å². The second-order valence-corrected chi connectivity index (χ2v) is 9.85. The SMILES string of the molecule is CC#CCOc1ccc2c(c1)C(=O)N(C[C@]1(C3C=CC(c4ccc5ncccc5c4)=CC3)NC(=O)NC1=O)C2. The minimum Gasteiger partial charge on any atom is -0.481 e. The second-order valence-electron chi connectivity index (χ2n) is 9.85. The average Bonchev–Trinajstić information content (AvgIpc) is 3.42. The third-order valence-corrected chi connectivity index (χ3v) is 7.53. The minimum absolute atomic E-state index is 0.0510. The Morgan fingerprint density at radius 1 is 1.15 bits per heavy atom. The molecule has 2 aromatic carbocycles. The molecule has 0 spiro atoms. The normalized spacial score (nSPS) is 21.7. The fourth-order valence-electron chi connectivity index (χ4n) is 5.50. The van der Waals surface area contributed by atoms with Gasteiger partial charge in [0.25, 0.3) is 11.8 Å². The number of rotatable bonds is 6. The molecule has 194 valence electrons. The number of aromatic nitrogens is 1. The molecule has 1 aliphatic carbocycles. The van der Waals surface area contributed by atoms with E-state index in [4.69, 9.17) is 4.74 Å². The van der Waals surface area contributed by atoms with Crippen molar-refractivity contribution in [3.63, 3.8) is 0 Å². The highest BCUT2D eigenvalue weighted by molar-refractivity contribution is 6.08. The quantitative estimate of drug-likeness (QED) is 0.382. The molecule has 8 heteroatoms. The van der Waals surface area contributed by atoms with Gasteiger partial charge in [0.2, 0.25) is 0 Å². The summed E-state index contributed by atoms with van der Waals surface area (Å²) in [5, 5.41) is 6.30. The highest BCUT2D eigenvalue weighted by Crippen LogP contribution is 2.36. The van der Waals surface area contributed by atoms with E-state index in [9.17, 15) is 14.4 Å². The molecule has 2 atom stereocenters. The van der Waals surface area contributed by atoms with Crippen molar-refractivity contribution in [2.75, 3.05) is 13.2 Å². The van der Waals surface area contributed by atoms with Gasteiger partial charge < -0.3 is 15.0 Å². The number of carbonyl (C=O) groups is 3. The van der Waals surface area contributed by atoms with Gasteiger partial charge in [0.05, 0.1) is 12.1 Å². The summed E-state index contributed by atoms with van der Waals surface area (Å²) in [6.07, 6.45) is 8.31. The number of amides is 4. The van der Waals surface area contributed by atoms with Gasteiger partial charge in [0.1, 0.15) is 17.9 Å². The van der Waals surface area contributed by atoms with Gasteiger partial charge in [-0.05, 0) is 60.4 Å². The lowest BCUT2D eigenvalue weighted by Gasteiger charge is -2.37. The van der Waals surface area contributed by atoms with Crippen LogP contribution < -0.4 is 15.4 Å². The Morgan fingerprint density at radius 2 is 2.05 bits per heavy atom. The van der Waals surface area contributed by atoms with Crippen LogP contribution in [0, 0.1) is 17.8 Å². The fourth-order valence-corrected chi connectivity index (χ4v) is 5.50. The molecule has 8 nitrogen and oxygen atoms in total. The van der Waals surface area contributed by atoms with Gasteiger partial charge in [-0.15, -0.1) is 5.92 Å². The van der Waals surface area contributed by atoms with Crippen molar-refractivity contribution >= 4 is 34.3 Å². The van der Waals surface area contributed by atoms with E-state index < -0.39 is 17.5 Å². The third-order valence-electron chi connectivity index (χ3n) is 7.53. The summed E-state index contributed by atoms with van der Waals surface area (Å²) in [6, 6.07) is 14.9. The maximum absolute atomic E-state index is 13.4. The van der Waals surface area contributed by atoms with Crippen LogP contribution in [0.1, 0.15) is 34.8 Å². The standard InChI is InChI=1S/C31H26N4O4/c1-2-3-15-39-25-12-8-23-18-35(28(36)26(23)17-25)19-31(29(37)33-30(38)34-31)24-10-6-20(7-11-24)21-9-13-27-22(16-21)5-4-14-32-27/h4-10,12-14,16-17,24H,11,15,18-19H2,1H3,(H2,33,34,37,38)/t24?,31-/m1/s1. The number of ether oxygens (including phenoxy) is 1. The molecule has 6 rings (SSSR count). The molecular weight excluding hydrogens is 492 g/mol. The molecule has 0 radical (unpaired) electrons. The van der Waals surface area contributed by atoms with Crippen molar-refractivity contribution in [1.82, 2.24) is 20.5 Å². The predicted molar refractivity (Wildman–Crippen MR) is 146 cm³/mol. The van der Waals surface area contributed by atoms with Gasteiger partial charge in [-0.25, -0.2) is 4.79 Å². The fraction of sp³-hybridized carbons (Fsp3) is 0.226. The highest BCUT2D eigenvalue weighted by atomic mass is 16.5. The van der Waals surface area contributed by atoms with E-state index in [-0.39, 0.29) is 25.0 Å². The molecule has 4 amide bonds. The number of allylic oxidation sites excluding steroid dienone is 3. The Morgan fingerprint density at radius 3 is 2.82 bits per heavy atom. The molecule has 2 N–H and O–H groups in total. The average molecular weight is 519 g/mol. The van der Waals surface area contributed by atoms with Crippen LogP contribution >= 0.6 is 0 Å². The van der Waals surface area contributed by atoms with Crippen LogP contribution in [0.2, 0.25) is 0 Å². The summed E-state index contributed by atoms with van der Waals surface area (Å²) >= 11 is 0. The van der Waals surface area contributed by atoms with Crippen molar-refractivity contribution in [3.05, 3.63) is 89.6 Å². The number of nitrogens with zero attached hydrogens (tertiary/aromatic N) is 2. The maximum atomic E-state index is 13.4. The number of imide groups is 1. The molecule has 1 fully saturated rings. The van der Waals surface area contributed by atoms with Crippen LogP contribution in [0.5, 0.6) is 5.75 Å². The van der Waals surface area contributed by atoms with Crippen molar-refractivity contribution in [2.45, 2.75) is 25.4 Å². The molecule has 3 heterocycles. The first-order chi connectivity index (χ1) is 19.0. The van der Waals surface area contributed by atoms with Crippen LogP contribution in [-0.4, -0.2) is 46.4 Å². The Kier molecular flexibility index (Phi) is 6.12. The molecule has 3 aliphatic rings. The Labute approximate surface area is 225 Å².